The lowest BCUT2D eigenvalue weighted by Crippen LogP contribution is -1.88. The zero-order chi connectivity index (χ0) is 12.5. The molecule has 3 rings (SSSR count). The summed E-state index contributed by atoms with van der Waals surface area (Å²) in [7, 11) is -0.339. The fourth-order valence-electron chi connectivity index (χ4n) is 2.05. The summed E-state index contributed by atoms with van der Waals surface area (Å²) in [4.78, 5) is 5.78. The van der Waals surface area contributed by atoms with Crippen molar-refractivity contribution in [2.75, 3.05) is 0 Å². The van der Waals surface area contributed by atoms with Gasteiger partial charge in [0.05, 0.1) is 5.69 Å². The Bertz CT molecular complexity index is 604. The van der Waals surface area contributed by atoms with Gasteiger partial charge in [-0.1, -0.05) is 41.4 Å². The van der Waals surface area contributed by atoms with Crippen molar-refractivity contribution in [3.8, 4) is 0 Å². The van der Waals surface area contributed by atoms with Crippen LogP contribution in [0.15, 0.2) is 52.4 Å². The minimum Gasteiger partial charge on any atom is -0.250 e. The molecule has 0 spiro atoms. The molecule has 18 heavy (non-hydrogen) atoms. The Labute approximate surface area is 115 Å². The predicted molar refractivity (Wildman–Crippen MR) is 81.7 cm³/mol. The third kappa shape index (κ3) is 2.31. The van der Waals surface area contributed by atoms with Gasteiger partial charge >= 0.3 is 0 Å². The average molecular weight is 276 g/mol. The van der Waals surface area contributed by atoms with E-state index >= 15 is 0 Å². The quantitative estimate of drug-likeness (QED) is 0.750. The van der Waals surface area contributed by atoms with E-state index in [1.807, 2.05) is 12.1 Å². The van der Waals surface area contributed by atoms with Crippen molar-refractivity contribution in [2.45, 2.75) is 17.6 Å². The number of aryl methyl sites for hydroxylation is 1. The van der Waals surface area contributed by atoms with Gasteiger partial charge in [-0.2, -0.15) is 10.9 Å². The topological polar surface area (TPSA) is 12.4 Å². The van der Waals surface area contributed by atoms with E-state index in [0.717, 1.165) is 16.5 Å². The van der Waals surface area contributed by atoms with Crippen molar-refractivity contribution >= 4 is 33.7 Å². The lowest BCUT2D eigenvalue weighted by Gasteiger charge is -2.14. The molecule has 1 heterocycles. The SMILES string of the molecule is Cc1ccc(C[SH]2C=Nc3ccc(Cl)cc32)cc1. The Morgan fingerprint density at radius 1 is 1.11 bits per heavy atom. The first-order valence-corrected chi connectivity index (χ1v) is 7.86. The summed E-state index contributed by atoms with van der Waals surface area (Å²) in [6, 6.07) is 14.7. The molecule has 2 aromatic rings. The molecule has 92 valence electrons. The minimum atomic E-state index is -0.339. The third-order valence-electron chi connectivity index (χ3n) is 3.06. The highest BCUT2D eigenvalue weighted by Gasteiger charge is 2.16. The number of rotatable bonds is 2. The van der Waals surface area contributed by atoms with E-state index in [0.29, 0.717) is 0 Å². The molecule has 1 unspecified atom stereocenters. The van der Waals surface area contributed by atoms with Gasteiger partial charge in [-0.05, 0) is 30.7 Å². The lowest BCUT2D eigenvalue weighted by molar-refractivity contribution is 1.34. The molecule has 0 radical (unpaired) electrons. The van der Waals surface area contributed by atoms with Crippen molar-refractivity contribution in [3.63, 3.8) is 0 Å². The molecular formula is C15H14ClNS. The number of fused-ring (bicyclic) bond motifs is 1. The van der Waals surface area contributed by atoms with Crippen LogP contribution in [0, 0.1) is 6.92 Å². The number of thiol groups is 1. The van der Waals surface area contributed by atoms with Crippen LogP contribution in [-0.2, 0) is 5.75 Å². The lowest BCUT2D eigenvalue weighted by atomic mass is 10.2. The van der Waals surface area contributed by atoms with Crippen LogP contribution < -0.4 is 0 Å². The van der Waals surface area contributed by atoms with Crippen LogP contribution in [0.1, 0.15) is 11.1 Å². The largest absolute Gasteiger partial charge is 0.250 e. The van der Waals surface area contributed by atoms with E-state index in [4.69, 9.17) is 11.6 Å². The van der Waals surface area contributed by atoms with Crippen molar-refractivity contribution in [2.24, 2.45) is 4.99 Å². The molecule has 0 fully saturated rings. The van der Waals surface area contributed by atoms with E-state index in [1.165, 1.54) is 16.0 Å². The zero-order valence-electron chi connectivity index (χ0n) is 10.1. The zero-order valence-corrected chi connectivity index (χ0v) is 11.7. The molecule has 0 bridgehead atoms. The van der Waals surface area contributed by atoms with Gasteiger partial charge in [0.15, 0.2) is 0 Å². The van der Waals surface area contributed by atoms with Crippen molar-refractivity contribution in [1.29, 1.82) is 0 Å². The van der Waals surface area contributed by atoms with Crippen LogP contribution in [-0.4, -0.2) is 5.55 Å². The van der Waals surface area contributed by atoms with E-state index in [-0.39, 0.29) is 10.9 Å². The van der Waals surface area contributed by atoms with Gasteiger partial charge in [0.1, 0.15) is 0 Å². The molecule has 3 heteroatoms. The van der Waals surface area contributed by atoms with Gasteiger partial charge in [0, 0.05) is 21.2 Å². The maximum atomic E-state index is 6.07. The van der Waals surface area contributed by atoms with Gasteiger partial charge in [0.2, 0.25) is 0 Å². The highest BCUT2D eigenvalue weighted by molar-refractivity contribution is 8.28. The molecule has 0 aromatic heterocycles. The smallest absolute Gasteiger partial charge is 0.0758 e. The predicted octanol–water partition coefficient (Wildman–Crippen LogP) is 4.88. The highest BCUT2D eigenvalue weighted by Crippen LogP contribution is 2.48. The number of hydrogen-bond acceptors (Lipinski definition) is 1. The number of benzene rings is 2. The van der Waals surface area contributed by atoms with E-state index in [2.05, 4.69) is 47.8 Å². The van der Waals surface area contributed by atoms with E-state index in [1.54, 1.807) is 0 Å². The third-order valence-corrected chi connectivity index (χ3v) is 5.37. The Kier molecular flexibility index (Phi) is 3.14. The van der Waals surface area contributed by atoms with Gasteiger partial charge in [-0.3, -0.25) is 4.99 Å². The first-order chi connectivity index (χ1) is 8.72. The molecule has 0 aliphatic carbocycles. The second-order valence-corrected chi connectivity index (χ2v) is 6.90. The number of aliphatic imine (C=N–C) groups is 1. The van der Waals surface area contributed by atoms with E-state index in [9.17, 15) is 0 Å². The fourth-order valence-corrected chi connectivity index (χ4v) is 4.27. The Morgan fingerprint density at radius 3 is 2.67 bits per heavy atom. The molecule has 1 aliphatic heterocycles. The van der Waals surface area contributed by atoms with Crippen molar-refractivity contribution in [1.82, 2.24) is 0 Å². The van der Waals surface area contributed by atoms with Crippen LogP contribution in [0.3, 0.4) is 0 Å². The summed E-state index contributed by atoms with van der Waals surface area (Å²) in [6.07, 6.45) is 0. The standard InChI is InChI=1S/C15H14ClNS/c1-11-2-4-12(5-3-11)9-18-10-17-14-7-6-13(16)8-15(14)18/h2-8,10,18H,9H2,1H3. The Hall–Kier alpha value is -1.25. The normalized spacial score (nSPS) is 18.9. The molecular weight excluding hydrogens is 262 g/mol. The van der Waals surface area contributed by atoms with Crippen LogP contribution in [0.4, 0.5) is 5.69 Å². The number of nitrogens with zero attached hydrogens (tertiary/aromatic N) is 1. The van der Waals surface area contributed by atoms with Crippen molar-refractivity contribution in [3.05, 3.63) is 58.6 Å². The van der Waals surface area contributed by atoms with Crippen LogP contribution in [0.5, 0.6) is 0 Å². The molecule has 0 saturated carbocycles. The average Bonchev–Trinajstić information content (AvgIpc) is 2.75. The summed E-state index contributed by atoms with van der Waals surface area (Å²) in [5, 5.41) is 0.802. The van der Waals surface area contributed by atoms with Crippen LogP contribution >= 0.6 is 22.5 Å². The van der Waals surface area contributed by atoms with Crippen molar-refractivity contribution < 1.29 is 0 Å². The minimum absolute atomic E-state index is 0.339. The van der Waals surface area contributed by atoms with Gasteiger partial charge in [0.25, 0.3) is 0 Å². The maximum Gasteiger partial charge on any atom is 0.0758 e. The Morgan fingerprint density at radius 2 is 1.89 bits per heavy atom. The summed E-state index contributed by atoms with van der Waals surface area (Å²) in [6.45, 7) is 2.11. The fraction of sp³-hybridized carbons (Fsp3) is 0.133. The summed E-state index contributed by atoms with van der Waals surface area (Å²) < 4.78 is 0. The van der Waals surface area contributed by atoms with Crippen LogP contribution in [0.25, 0.3) is 0 Å². The summed E-state index contributed by atoms with van der Waals surface area (Å²) in [5.74, 6) is 1.05. The first kappa shape index (κ1) is 11.8. The summed E-state index contributed by atoms with van der Waals surface area (Å²) >= 11 is 6.07. The van der Waals surface area contributed by atoms with Gasteiger partial charge in [-0.25, -0.2) is 0 Å². The van der Waals surface area contributed by atoms with Gasteiger partial charge in [-0.15, -0.1) is 0 Å². The maximum absolute atomic E-state index is 6.07. The number of hydrogen-bond donors (Lipinski definition) is 1. The highest BCUT2D eigenvalue weighted by atomic mass is 35.5. The summed E-state index contributed by atoms with van der Waals surface area (Å²) in [5.41, 5.74) is 5.84. The van der Waals surface area contributed by atoms with E-state index < -0.39 is 0 Å². The second-order valence-electron chi connectivity index (χ2n) is 4.49. The first-order valence-electron chi connectivity index (χ1n) is 5.88. The van der Waals surface area contributed by atoms with Gasteiger partial charge < -0.3 is 0 Å². The Balaban J connectivity index is 1.86. The second kappa shape index (κ2) is 4.79. The molecule has 0 amide bonds. The van der Waals surface area contributed by atoms with Crippen LogP contribution in [0.2, 0.25) is 5.02 Å². The monoisotopic (exact) mass is 275 g/mol. The molecule has 2 aromatic carbocycles. The number of halogens is 1. The molecule has 1 atom stereocenters. The molecule has 1 aliphatic rings. The molecule has 0 saturated heterocycles. The molecule has 0 N–H and O–H groups in total. The molecule has 1 nitrogen and oxygen atoms in total.